The first-order valence-corrected chi connectivity index (χ1v) is 2.68. The van der Waals surface area contributed by atoms with Crippen molar-refractivity contribution in [3.63, 3.8) is 0 Å². The van der Waals surface area contributed by atoms with Crippen LogP contribution in [0.4, 0.5) is 4.79 Å². The molecule has 0 aromatic rings. The minimum Gasteiger partial charge on any atom is -0.497 e. The largest absolute Gasteiger partial charge is 0.511 e. The first-order valence-electron chi connectivity index (χ1n) is 2.68. The molecule has 1 aliphatic rings. The topological polar surface area (TPSA) is 55.8 Å². The number of carboxylic acid groups (broad SMARTS) is 1. The molecular weight excluding hydrogens is 136 g/mol. The van der Waals surface area contributed by atoms with Crippen molar-refractivity contribution in [3.8, 4) is 0 Å². The van der Waals surface area contributed by atoms with Crippen molar-refractivity contribution in [2.75, 3.05) is 6.61 Å². The smallest absolute Gasteiger partial charge is 0.497 e. The van der Waals surface area contributed by atoms with Crippen molar-refractivity contribution in [1.82, 2.24) is 0 Å². The van der Waals surface area contributed by atoms with Crippen LogP contribution in [0.2, 0.25) is 0 Å². The van der Waals surface area contributed by atoms with Crippen molar-refractivity contribution in [2.45, 2.75) is 0 Å². The Kier molecular flexibility index (Phi) is 1.94. The fourth-order valence-electron chi connectivity index (χ4n) is 0.546. The SMILES string of the molecule is O=C(O)OC1=CCOC=C1. The van der Waals surface area contributed by atoms with Crippen LogP contribution in [0, 0.1) is 0 Å². The molecule has 0 bridgehead atoms. The summed E-state index contributed by atoms with van der Waals surface area (Å²) in [6.45, 7) is 0.360. The molecule has 0 fully saturated rings. The summed E-state index contributed by atoms with van der Waals surface area (Å²) in [5, 5.41) is 8.13. The van der Waals surface area contributed by atoms with Gasteiger partial charge in [-0.2, -0.15) is 0 Å². The molecule has 0 amide bonds. The fourth-order valence-corrected chi connectivity index (χ4v) is 0.546. The Labute approximate surface area is 57.4 Å². The van der Waals surface area contributed by atoms with Gasteiger partial charge < -0.3 is 14.6 Å². The molecule has 10 heavy (non-hydrogen) atoms. The summed E-state index contributed by atoms with van der Waals surface area (Å²) in [7, 11) is 0. The van der Waals surface area contributed by atoms with E-state index in [0.29, 0.717) is 12.4 Å². The van der Waals surface area contributed by atoms with Crippen LogP contribution < -0.4 is 0 Å². The molecule has 0 atom stereocenters. The van der Waals surface area contributed by atoms with Gasteiger partial charge in [-0.25, -0.2) is 4.79 Å². The highest BCUT2D eigenvalue weighted by molar-refractivity contribution is 5.59. The van der Waals surface area contributed by atoms with E-state index < -0.39 is 6.16 Å². The molecule has 1 heterocycles. The molecule has 0 saturated heterocycles. The van der Waals surface area contributed by atoms with E-state index in [4.69, 9.17) is 9.84 Å². The highest BCUT2D eigenvalue weighted by Crippen LogP contribution is 2.04. The number of allylic oxidation sites excluding steroid dienone is 1. The number of rotatable bonds is 1. The Balaban J connectivity index is 2.48. The second kappa shape index (κ2) is 2.91. The van der Waals surface area contributed by atoms with Gasteiger partial charge in [0, 0.05) is 6.08 Å². The third-order valence-corrected chi connectivity index (χ3v) is 0.914. The van der Waals surface area contributed by atoms with Crippen LogP contribution in [0.5, 0.6) is 0 Å². The zero-order chi connectivity index (χ0) is 7.40. The van der Waals surface area contributed by atoms with Crippen LogP contribution in [0.3, 0.4) is 0 Å². The number of ether oxygens (including phenoxy) is 2. The third kappa shape index (κ3) is 1.81. The third-order valence-electron chi connectivity index (χ3n) is 0.914. The summed E-state index contributed by atoms with van der Waals surface area (Å²) >= 11 is 0. The lowest BCUT2D eigenvalue weighted by molar-refractivity contribution is 0.119. The van der Waals surface area contributed by atoms with Gasteiger partial charge in [0.1, 0.15) is 12.4 Å². The molecule has 0 aromatic heterocycles. The maximum Gasteiger partial charge on any atom is 0.511 e. The van der Waals surface area contributed by atoms with Crippen LogP contribution in [0.1, 0.15) is 0 Å². The molecule has 0 spiro atoms. The summed E-state index contributed by atoms with van der Waals surface area (Å²) in [5.41, 5.74) is 0. The van der Waals surface area contributed by atoms with E-state index >= 15 is 0 Å². The van der Waals surface area contributed by atoms with Crippen LogP contribution in [0.25, 0.3) is 0 Å². The molecule has 1 rings (SSSR count). The van der Waals surface area contributed by atoms with E-state index in [0.717, 1.165) is 0 Å². The molecule has 0 unspecified atom stereocenters. The molecular formula is C6H6O4. The van der Waals surface area contributed by atoms with Gasteiger partial charge in [-0.15, -0.1) is 0 Å². The zero-order valence-corrected chi connectivity index (χ0v) is 5.11. The average Bonchev–Trinajstić information content (AvgIpc) is 1.88. The lowest BCUT2D eigenvalue weighted by Crippen LogP contribution is -2.01. The van der Waals surface area contributed by atoms with Crippen LogP contribution >= 0.6 is 0 Å². The molecule has 0 saturated carbocycles. The maximum atomic E-state index is 9.93. The van der Waals surface area contributed by atoms with Gasteiger partial charge in [0.15, 0.2) is 0 Å². The lowest BCUT2D eigenvalue weighted by Gasteiger charge is -2.04. The highest BCUT2D eigenvalue weighted by Gasteiger charge is 2.02. The Hall–Kier alpha value is -1.45. The van der Waals surface area contributed by atoms with E-state index in [-0.39, 0.29) is 0 Å². The van der Waals surface area contributed by atoms with E-state index in [1.54, 1.807) is 0 Å². The van der Waals surface area contributed by atoms with Crippen molar-refractivity contribution < 1.29 is 19.4 Å². The van der Waals surface area contributed by atoms with E-state index in [1.165, 1.54) is 18.4 Å². The predicted molar refractivity (Wildman–Crippen MR) is 32.3 cm³/mol. The van der Waals surface area contributed by atoms with E-state index in [9.17, 15) is 4.79 Å². The quantitative estimate of drug-likeness (QED) is 0.557. The van der Waals surface area contributed by atoms with Crippen LogP contribution in [-0.2, 0) is 9.47 Å². The first-order chi connectivity index (χ1) is 4.79. The van der Waals surface area contributed by atoms with Crippen LogP contribution in [0.15, 0.2) is 24.2 Å². The first kappa shape index (κ1) is 6.67. The predicted octanol–water partition coefficient (Wildman–Crippen LogP) is 1.11. The van der Waals surface area contributed by atoms with Crippen molar-refractivity contribution in [3.05, 3.63) is 24.2 Å². The van der Waals surface area contributed by atoms with Crippen molar-refractivity contribution in [1.29, 1.82) is 0 Å². The van der Waals surface area contributed by atoms with Crippen molar-refractivity contribution in [2.24, 2.45) is 0 Å². The van der Waals surface area contributed by atoms with Gasteiger partial charge in [-0.3, -0.25) is 0 Å². The Morgan fingerprint density at radius 3 is 3.10 bits per heavy atom. The van der Waals surface area contributed by atoms with E-state index in [1.807, 2.05) is 0 Å². The monoisotopic (exact) mass is 142 g/mol. The summed E-state index contributed by atoms with van der Waals surface area (Å²) in [5.74, 6) is 0.304. The molecule has 4 nitrogen and oxygen atoms in total. The van der Waals surface area contributed by atoms with Gasteiger partial charge >= 0.3 is 6.16 Å². The van der Waals surface area contributed by atoms with Gasteiger partial charge in [0.2, 0.25) is 0 Å². The molecule has 54 valence electrons. The Bertz CT molecular complexity index is 192. The summed E-state index contributed by atoms with van der Waals surface area (Å²) in [6.07, 6.45) is 3.06. The highest BCUT2D eigenvalue weighted by atomic mass is 16.7. The fraction of sp³-hybridized carbons (Fsp3) is 0.167. The minimum atomic E-state index is -1.31. The molecule has 4 heteroatoms. The molecule has 1 aliphatic heterocycles. The number of hydrogen-bond donors (Lipinski definition) is 1. The zero-order valence-electron chi connectivity index (χ0n) is 5.11. The molecule has 0 aromatic carbocycles. The Morgan fingerprint density at radius 1 is 1.80 bits per heavy atom. The summed E-state index contributed by atoms with van der Waals surface area (Å²) in [4.78, 5) is 9.93. The van der Waals surface area contributed by atoms with Crippen molar-refractivity contribution >= 4 is 6.16 Å². The number of carbonyl (C=O) groups is 1. The second-order valence-corrected chi connectivity index (χ2v) is 1.61. The summed E-state index contributed by atoms with van der Waals surface area (Å²) in [6, 6.07) is 0. The maximum absolute atomic E-state index is 9.93. The normalized spacial score (nSPS) is 15.4. The minimum absolute atomic E-state index is 0.304. The molecule has 1 N–H and O–H groups in total. The Morgan fingerprint density at radius 2 is 2.60 bits per heavy atom. The van der Waals surface area contributed by atoms with Gasteiger partial charge in [-0.05, 0) is 6.08 Å². The lowest BCUT2D eigenvalue weighted by atomic mass is 10.4. The second-order valence-electron chi connectivity index (χ2n) is 1.61. The van der Waals surface area contributed by atoms with E-state index in [2.05, 4.69) is 4.74 Å². The van der Waals surface area contributed by atoms with Crippen LogP contribution in [-0.4, -0.2) is 17.9 Å². The molecule has 0 radical (unpaired) electrons. The van der Waals surface area contributed by atoms with Gasteiger partial charge in [0.25, 0.3) is 0 Å². The average molecular weight is 142 g/mol. The molecule has 0 aliphatic carbocycles. The summed E-state index contributed by atoms with van der Waals surface area (Å²) < 4.78 is 9.05. The van der Waals surface area contributed by atoms with Gasteiger partial charge in [-0.1, -0.05) is 0 Å². The van der Waals surface area contributed by atoms with Gasteiger partial charge in [0.05, 0.1) is 6.26 Å². The standard InChI is InChI=1S/C6H6O4/c7-6(8)10-5-1-3-9-4-2-5/h1-3H,4H2,(H,7,8). The number of hydrogen-bond acceptors (Lipinski definition) is 3.